The molecule has 0 saturated heterocycles. The second kappa shape index (κ2) is 5.61. The molecule has 2 aromatic carbocycles. The summed E-state index contributed by atoms with van der Waals surface area (Å²) in [5.41, 5.74) is 5.07. The Labute approximate surface area is 142 Å². The average Bonchev–Trinajstić information content (AvgIpc) is 3.03. The van der Waals surface area contributed by atoms with Gasteiger partial charge in [0, 0.05) is 10.9 Å². The lowest BCUT2D eigenvalue weighted by molar-refractivity contribution is 0.396. The van der Waals surface area contributed by atoms with Gasteiger partial charge in [-0.15, -0.1) is 0 Å². The summed E-state index contributed by atoms with van der Waals surface area (Å²) in [7, 11) is 1.73. The molecule has 0 amide bonds. The fourth-order valence-corrected chi connectivity index (χ4v) is 4.27. The number of nitrogens with one attached hydrogen (secondary N) is 1. The van der Waals surface area contributed by atoms with Crippen molar-refractivity contribution in [1.82, 2.24) is 0 Å². The van der Waals surface area contributed by atoms with Gasteiger partial charge in [0.2, 0.25) is 0 Å². The first-order valence-electron chi connectivity index (χ1n) is 8.05. The van der Waals surface area contributed by atoms with Gasteiger partial charge in [0.1, 0.15) is 5.75 Å². The van der Waals surface area contributed by atoms with E-state index >= 15 is 0 Å². The van der Waals surface area contributed by atoms with Gasteiger partial charge < -0.3 is 10.1 Å². The van der Waals surface area contributed by atoms with Crippen LogP contribution in [0.5, 0.6) is 5.75 Å². The molecule has 0 bridgehead atoms. The molecule has 2 nitrogen and oxygen atoms in total. The molecule has 1 aliphatic heterocycles. The SMILES string of the molecule is COc1ccc(C)c2c1N[C@H](c1cccc(Cl)c1)[C@H]1CC=C[C@@H]21. The lowest BCUT2D eigenvalue weighted by Gasteiger charge is -2.39. The van der Waals surface area contributed by atoms with Gasteiger partial charge in [-0.05, 0) is 54.2 Å². The Kier molecular flexibility index (Phi) is 3.57. The third-order valence-corrected chi connectivity index (χ3v) is 5.36. The molecule has 3 atom stereocenters. The minimum atomic E-state index is 0.247. The maximum Gasteiger partial charge on any atom is 0.142 e. The van der Waals surface area contributed by atoms with Crippen LogP contribution in [0.4, 0.5) is 5.69 Å². The lowest BCUT2D eigenvalue weighted by atomic mass is 9.75. The highest BCUT2D eigenvalue weighted by Gasteiger charge is 2.39. The molecule has 0 fully saturated rings. The summed E-state index contributed by atoms with van der Waals surface area (Å²) < 4.78 is 5.61. The summed E-state index contributed by atoms with van der Waals surface area (Å²) in [6.07, 6.45) is 5.75. The largest absolute Gasteiger partial charge is 0.495 e. The maximum atomic E-state index is 6.22. The van der Waals surface area contributed by atoms with Crippen LogP contribution in [0.15, 0.2) is 48.6 Å². The van der Waals surface area contributed by atoms with Crippen molar-refractivity contribution in [2.24, 2.45) is 5.92 Å². The number of benzene rings is 2. The van der Waals surface area contributed by atoms with Crippen molar-refractivity contribution in [3.05, 3.63) is 70.3 Å². The number of ether oxygens (including phenoxy) is 1. The molecular weight excluding hydrogens is 306 g/mol. The summed E-state index contributed by atoms with van der Waals surface area (Å²) >= 11 is 6.22. The predicted octanol–water partition coefficient (Wildman–Crippen LogP) is 5.48. The Morgan fingerprint density at radius 2 is 2.09 bits per heavy atom. The van der Waals surface area contributed by atoms with Crippen LogP contribution in [0, 0.1) is 12.8 Å². The van der Waals surface area contributed by atoms with E-state index in [1.807, 2.05) is 12.1 Å². The highest BCUT2D eigenvalue weighted by molar-refractivity contribution is 6.30. The zero-order valence-corrected chi connectivity index (χ0v) is 14.1. The van der Waals surface area contributed by atoms with Crippen LogP contribution in [-0.2, 0) is 0 Å². The van der Waals surface area contributed by atoms with Crippen LogP contribution in [0.1, 0.15) is 35.1 Å². The third-order valence-electron chi connectivity index (χ3n) is 5.13. The normalized spacial score (nSPS) is 24.7. The van der Waals surface area contributed by atoms with Gasteiger partial charge in [0.15, 0.2) is 0 Å². The third kappa shape index (κ3) is 2.33. The van der Waals surface area contributed by atoms with Crippen LogP contribution < -0.4 is 10.1 Å². The van der Waals surface area contributed by atoms with Gasteiger partial charge in [-0.2, -0.15) is 0 Å². The standard InChI is InChI=1S/C20H20ClNO/c1-12-9-10-17(23-2)20-18(12)15-7-4-8-16(15)19(22-20)13-5-3-6-14(21)11-13/h3-7,9-11,15-16,19,22H,8H2,1-2H3/t15-,16+,19-/m1/s1. The number of aryl methyl sites for hydroxylation is 1. The van der Waals surface area contributed by atoms with Crippen molar-refractivity contribution in [1.29, 1.82) is 0 Å². The first kappa shape index (κ1) is 14.6. The highest BCUT2D eigenvalue weighted by atomic mass is 35.5. The molecule has 0 saturated carbocycles. The van der Waals surface area contributed by atoms with Gasteiger partial charge in [-0.25, -0.2) is 0 Å². The average molecular weight is 326 g/mol. The van der Waals surface area contributed by atoms with Crippen molar-refractivity contribution in [2.45, 2.75) is 25.3 Å². The minimum Gasteiger partial charge on any atom is -0.495 e. The number of methoxy groups -OCH3 is 1. The summed E-state index contributed by atoms with van der Waals surface area (Å²) in [6.45, 7) is 2.18. The number of rotatable bonds is 2. The fraction of sp³-hybridized carbons (Fsp3) is 0.300. The number of fused-ring (bicyclic) bond motifs is 3. The van der Waals surface area contributed by atoms with Crippen molar-refractivity contribution in [2.75, 3.05) is 12.4 Å². The molecule has 23 heavy (non-hydrogen) atoms. The van der Waals surface area contributed by atoms with E-state index < -0.39 is 0 Å². The first-order chi connectivity index (χ1) is 11.2. The molecule has 1 N–H and O–H groups in total. The van der Waals surface area contributed by atoms with E-state index in [9.17, 15) is 0 Å². The fourth-order valence-electron chi connectivity index (χ4n) is 4.07. The molecule has 0 aromatic heterocycles. The van der Waals surface area contributed by atoms with Crippen molar-refractivity contribution in [3.8, 4) is 5.75 Å². The minimum absolute atomic E-state index is 0.247. The van der Waals surface area contributed by atoms with Crippen LogP contribution in [0.2, 0.25) is 5.02 Å². The zero-order valence-electron chi connectivity index (χ0n) is 13.3. The van der Waals surface area contributed by atoms with Gasteiger partial charge in [0.05, 0.1) is 18.8 Å². The summed E-state index contributed by atoms with van der Waals surface area (Å²) in [4.78, 5) is 0. The van der Waals surface area contributed by atoms with Crippen LogP contribution >= 0.6 is 11.6 Å². The molecular formula is C20H20ClNO. The molecule has 3 heteroatoms. The number of hydrogen-bond acceptors (Lipinski definition) is 2. The van der Waals surface area contributed by atoms with Crippen molar-refractivity contribution < 1.29 is 4.74 Å². The molecule has 2 aliphatic rings. The van der Waals surface area contributed by atoms with Crippen molar-refractivity contribution >= 4 is 17.3 Å². The highest BCUT2D eigenvalue weighted by Crippen LogP contribution is 2.53. The Hall–Kier alpha value is -1.93. The Bertz CT molecular complexity index is 783. The number of halogens is 1. The molecule has 0 radical (unpaired) electrons. The Morgan fingerprint density at radius 3 is 2.87 bits per heavy atom. The predicted molar refractivity (Wildman–Crippen MR) is 95.5 cm³/mol. The lowest BCUT2D eigenvalue weighted by Crippen LogP contribution is -2.30. The number of allylic oxidation sites excluding steroid dienone is 2. The molecule has 2 aromatic rings. The van der Waals surface area contributed by atoms with Gasteiger partial charge in [-0.1, -0.05) is 42.0 Å². The Balaban J connectivity index is 1.86. The molecule has 1 aliphatic carbocycles. The summed E-state index contributed by atoms with van der Waals surface area (Å²) in [5.74, 6) is 1.87. The van der Waals surface area contributed by atoms with E-state index in [2.05, 4.69) is 48.7 Å². The van der Waals surface area contributed by atoms with Crippen LogP contribution in [-0.4, -0.2) is 7.11 Å². The zero-order chi connectivity index (χ0) is 16.0. The van der Waals surface area contributed by atoms with E-state index in [-0.39, 0.29) is 6.04 Å². The molecule has 0 unspecified atom stereocenters. The van der Waals surface area contributed by atoms with Crippen molar-refractivity contribution in [3.63, 3.8) is 0 Å². The van der Waals surface area contributed by atoms with Gasteiger partial charge in [0.25, 0.3) is 0 Å². The van der Waals surface area contributed by atoms with E-state index in [1.54, 1.807) is 7.11 Å². The molecule has 4 rings (SSSR count). The number of hydrogen-bond donors (Lipinski definition) is 1. The molecule has 118 valence electrons. The van der Waals surface area contributed by atoms with Crippen LogP contribution in [0.25, 0.3) is 0 Å². The van der Waals surface area contributed by atoms with E-state index in [4.69, 9.17) is 16.3 Å². The second-order valence-corrected chi connectivity index (χ2v) is 6.84. The summed E-state index contributed by atoms with van der Waals surface area (Å²) in [5, 5.41) is 4.53. The van der Waals surface area contributed by atoms with E-state index in [1.165, 1.54) is 16.7 Å². The first-order valence-corrected chi connectivity index (χ1v) is 8.43. The monoisotopic (exact) mass is 325 g/mol. The Morgan fingerprint density at radius 1 is 1.22 bits per heavy atom. The van der Waals surface area contributed by atoms with Crippen LogP contribution in [0.3, 0.4) is 0 Å². The quantitative estimate of drug-likeness (QED) is 0.738. The van der Waals surface area contributed by atoms with Gasteiger partial charge in [-0.3, -0.25) is 0 Å². The second-order valence-electron chi connectivity index (χ2n) is 6.40. The number of anilines is 1. The molecule has 1 heterocycles. The smallest absolute Gasteiger partial charge is 0.142 e. The molecule has 0 spiro atoms. The maximum absolute atomic E-state index is 6.22. The summed E-state index contributed by atoms with van der Waals surface area (Å²) in [6, 6.07) is 12.6. The van der Waals surface area contributed by atoms with Gasteiger partial charge >= 0.3 is 0 Å². The topological polar surface area (TPSA) is 21.3 Å². The van der Waals surface area contributed by atoms with E-state index in [0.29, 0.717) is 11.8 Å². The van der Waals surface area contributed by atoms with E-state index in [0.717, 1.165) is 22.9 Å².